The standard InChI is InChI=1S/C20H20N2O7S/c1-10-5-6-13-12(7-10)22(9-15(24)29-13)8-14(23)21-18-16(19(25)27-3)11(2)17(30-18)20(26)28-4/h5-7H,8-9H2,1-4H3,(H,21,23). The maximum absolute atomic E-state index is 12.7. The van der Waals surface area contributed by atoms with E-state index < -0.39 is 23.8 Å². The summed E-state index contributed by atoms with van der Waals surface area (Å²) in [6, 6.07) is 5.30. The number of anilines is 2. The van der Waals surface area contributed by atoms with E-state index in [1.54, 1.807) is 24.0 Å². The molecule has 1 aliphatic rings. The largest absolute Gasteiger partial charge is 0.465 e. The van der Waals surface area contributed by atoms with Gasteiger partial charge in [-0.05, 0) is 37.1 Å². The Morgan fingerprint density at radius 1 is 1.17 bits per heavy atom. The van der Waals surface area contributed by atoms with Crippen LogP contribution in [0.1, 0.15) is 31.2 Å². The van der Waals surface area contributed by atoms with E-state index in [-0.39, 0.29) is 28.5 Å². The lowest BCUT2D eigenvalue weighted by atomic mass is 10.1. The van der Waals surface area contributed by atoms with E-state index >= 15 is 0 Å². The summed E-state index contributed by atoms with van der Waals surface area (Å²) >= 11 is 0.924. The van der Waals surface area contributed by atoms with Crippen LogP contribution in [0.4, 0.5) is 10.7 Å². The third-order valence-electron chi connectivity index (χ3n) is 4.49. The molecule has 1 N–H and O–H groups in total. The van der Waals surface area contributed by atoms with E-state index in [0.29, 0.717) is 17.0 Å². The molecule has 1 aromatic carbocycles. The van der Waals surface area contributed by atoms with Crippen molar-refractivity contribution in [2.24, 2.45) is 0 Å². The molecule has 2 heterocycles. The van der Waals surface area contributed by atoms with Crippen LogP contribution in [0.5, 0.6) is 5.75 Å². The van der Waals surface area contributed by atoms with Gasteiger partial charge in [0.05, 0.1) is 32.0 Å². The average Bonchev–Trinajstić information content (AvgIpc) is 3.02. The molecule has 158 valence electrons. The molecule has 0 atom stereocenters. The van der Waals surface area contributed by atoms with E-state index in [9.17, 15) is 19.2 Å². The average molecular weight is 432 g/mol. The summed E-state index contributed by atoms with van der Waals surface area (Å²) in [6.45, 7) is 3.21. The number of amides is 1. The van der Waals surface area contributed by atoms with Crippen molar-refractivity contribution in [2.75, 3.05) is 37.5 Å². The molecular weight excluding hydrogens is 412 g/mol. The SMILES string of the molecule is COC(=O)c1sc(NC(=O)CN2CC(=O)Oc3ccc(C)cc32)c(C(=O)OC)c1C. The normalized spacial score (nSPS) is 12.7. The lowest BCUT2D eigenvalue weighted by Gasteiger charge is -2.29. The molecule has 30 heavy (non-hydrogen) atoms. The van der Waals surface area contributed by atoms with Crippen molar-refractivity contribution in [1.82, 2.24) is 0 Å². The van der Waals surface area contributed by atoms with E-state index in [0.717, 1.165) is 16.9 Å². The lowest BCUT2D eigenvalue weighted by Crippen LogP contribution is -2.41. The minimum absolute atomic E-state index is 0.0885. The molecule has 10 heteroatoms. The second kappa shape index (κ2) is 8.54. The van der Waals surface area contributed by atoms with Crippen LogP contribution in [-0.2, 0) is 19.1 Å². The first-order valence-electron chi connectivity index (χ1n) is 8.91. The lowest BCUT2D eigenvalue weighted by molar-refractivity contribution is -0.133. The molecule has 0 bridgehead atoms. The van der Waals surface area contributed by atoms with Gasteiger partial charge in [0.1, 0.15) is 16.4 Å². The van der Waals surface area contributed by atoms with Crippen molar-refractivity contribution in [1.29, 1.82) is 0 Å². The van der Waals surface area contributed by atoms with Crippen LogP contribution in [0.15, 0.2) is 18.2 Å². The van der Waals surface area contributed by atoms with Crippen molar-refractivity contribution in [3.63, 3.8) is 0 Å². The molecular formula is C20H20N2O7S. The first kappa shape index (κ1) is 21.3. The molecule has 0 aliphatic carbocycles. The summed E-state index contributed by atoms with van der Waals surface area (Å²) < 4.78 is 14.7. The number of nitrogens with zero attached hydrogens (tertiary/aromatic N) is 1. The molecule has 0 saturated heterocycles. The fraction of sp³-hybridized carbons (Fsp3) is 0.300. The Morgan fingerprint density at radius 3 is 2.53 bits per heavy atom. The van der Waals surface area contributed by atoms with Gasteiger partial charge in [-0.15, -0.1) is 11.3 Å². The first-order valence-corrected chi connectivity index (χ1v) is 9.73. The van der Waals surface area contributed by atoms with Crippen LogP contribution < -0.4 is 15.0 Å². The van der Waals surface area contributed by atoms with Crippen LogP contribution in [0.25, 0.3) is 0 Å². The number of hydrogen-bond donors (Lipinski definition) is 1. The summed E-state index contributed by atoms with van der Waals surface area (Å²) in [4.78, 5) is 50.6. The zero-order valence-corrected chi connectivity index (χ0v) is 17.7. The summed E-state index contributed by atoms with van der Waals surface area (Å²) in [5.41, 5.74) is 2.01. The Kier molecular flexibility index (Phi) is 6.06. The molecule has 1 aliphatic heterocycles. The van der Waals surface area contributed by atoms with Crippen LogP contribution in [-0.4, -0.2) is 51.1 Å². The highest BCUT2D eigenvalue weighted by Gasteiger charge is 2.29. The zero-order valence-electron chi connectivity index (χ0n) is 16.9. The Morgan fingerprint density at radius 2 is 1.87 bits per heavy atom. The van der Waals surface area contributed by atoms with Gasteiger partial charge in [-0.3, -0.25) is 4.79 Å². The van der Waals surface area contributed by atoms with Crippen molar-refractivity contribution < 1.29 is 33.4 Å². The Labute approximate surface area is 176 Å². The number of methoxy groups -OCH3 is 2. The molecule has 0 radical (unpaired) electrons. The molecule has 0 spiro atoms. The molecule has 0 unspecified atom stereocenters. The van der Waals surface area contributed by atoms with E-state index in [1.807, 2.05) is 13.0 Å². The fourth-order valence-electron chi connectivity index (χ4n) is 3.07. The van der Waals surface area contributed by atoms with Crippen LogP contribution >= 0.6 is 11.3 Å². The third kappa shape index (κ3) is 4.13. The summed E-state index contributed by atoms with van der Waals surface area (Å²) in [5.74, 6) is -1.88. The number of carbonyl (C=O) groups excluding carboxylic acids is 4. The zero-order chi connectivity index (χ0) is 22.0. The number of fused-ring (bicyclic) bond motifs is 1. The predicted octanol–water partition coefficient (Wildman–Crippen LogP) is 2.30. The number of nitrogens with one attached hydrogen (secondary N) is 1. The Bertz CT molecular complexity index is 1040. The Hall–Kier alpha value is -3.40. The highest BCUT2D eigenvalue weighted by Crippen LogP contribution is 2.35. The predicted molar refractivity (Wildman–Crippen MR) is 109 cm³/mol. The molecule has 2 aromatic rings. The van der Waals surface area contributed by atoms with E-state index in [4.69, 9.17) is 14.2 Å². The van der Waals surface area contributed by atoms with Gasteiger partial charge >= 0.3 is 17.9 Å². The van der Waals surface area contributed by atoms with Gasteiger partial charge in [-0.1, -0.05) is 6.07 Å². The van der Waals surface area contributed by atoms with Crippen molar-refractivity contribution in [3.8, 4) is 5.75 Å². The van der Waals surface area contributed by atoms with Crippen molar-refractivity contribution in [3.05, 3.63) is 39.8 Å². The highest BCUT2D eigenvalue weighted by molar-refractivity contribution is 7.18. The first-order chi connectivity index (χ1) is 14.2. The van der Waals surface area contributed by atoms with Gasteiger partial charge in [0, 0.05) is 0 Å². The van der Waals surface area contributed by atoms with Crippen LogP contribution in [0, 0.1) is 13.8 Å². The van der Waals surface area contributed by atoms with Crippen molar-refractivity contribution in [2.45, 2.75) is 13.8 Å². The summed E-state index contributed by atoms with van der Waals surface area (Å²) in [6.07, 6.45) is 0. The van der Waals surface area contributed by atoms with Gasteiger partial charge in [-0.2, -0.15) is 0 Å². The molecule has 0 fully saturated rings. The number of carbonyl (C=O) groups is 4. The molecule has 9 nitrogen and oxygen atoms in total. The topological polar surface area (TPSA) is 111 Å². The minimum atomic E-state index is -0.684. The smallest absolute Gasteiger partial charge is 0.348 e. The van der Waals surface area contributed by atoms with E-state index in [1.165, 1.54) is 14.2 Å². The number of benzene rings is 1. The van der Waals surface area contributed by atoms with Gasteiger partial charge in [0.15, 0.2) is 5.75 Å². The van der Waals surface area contributed by atoms with Gasteiger partial charge in [0.2, 0.25) is 5.91 Å². The number of aryl methyl sites for hydroxylation is 1. The van der Waals surface area contributed by atoms with Crippen molar-refractivity contribution >= 4 is 45.8 Å². The fourth-order valence-corrected chi connectivity index (χ4v) is 4.20. The number of thiophene rings is 1. The van der Waals surface area contributed by atoms with Gasteiger partial charge in [-0.25, -0.2) is 14.4 Å². The molecule has 3 rings (SSSR count). The minimum Gasteiger partial charge on any atom is -0.465 e. The van der Waals surface area contributed by atoms with E-state index in [2.05, 4.69) is 5.32 Å². The number of hydrogen-bond acceptors (Lipinski definition) is 9. The quantitative estimate of drug-likeness (QED) is 0.566. The van der Waals surface area contributed by atoms with Crippen LogP contribution in [0.2, 0.25) is 0 Å². The maximum atomic E-state index is 12.7. The maximum Gasteiger partial charge on any atom is 0.348 e. The summed E-state index contributed by atoms with van der Waals surface area (Å²) in [5, 5.41) is 2.83. The number of esters is 3. The van der Waals surface area contributed by atoms with Crippen LogP contribution in [0.3, 0.4) is 0 Å². The summed E-state index contributed by atoms with van der Waals surface area (Å²) in [7, 11) is 2.44. The number of ether oxygens (including phenoxy) is 3. The molecule has 0 saturated carbocycles. The van der Waals surface area contributed by atoms with Gasteiger partial charge < -0.3 is 24.4 Å². The highest BCUT2D eigenvalue weighted by atomic mass is 32.1. The second-order valence-corrected chi connectivity index (χ2v) is 7.61. The Balaban J connectivity index is 1.87. The molecule has 1 amide bonds. The second-order valence-electron chi connectivity index (χ2n) is 6.59. The third-order valence-corrected chi connectivity index (χ3v) is 5.68. The molecule has 1 aromatic heterocycles. The monoisotopic (exact) mass is 432 g/mol. The number of rotatable bonds is 5. The van der Waals surface area contributed by atoms with Gasteiger partial charge in [0.25, 0.3) is 0 Å².